The summed E-state index contributed by atoms with van der Waals surface area (Å²) in [5, 5.41) is 3.08. The summed E-state index contributed by atoms with van der Waals surface area (Å²) < 4.78 is 0. The van der Waals surface area contributed by atoms with Gasteiger partial charge in [0.25, 0.3) is 5.91 Å². The van der Waals surface area contributed by atoms with Gasteiger partial charge in [-0.25, -0.2) is 0 Å². The first-order chi connectivity index (χ1) is 12.4. The van der Waals surface area contributed by atoms with Gasteiger partial charge < -0.3 is 10.2 Å². The summed E-state index contributed by atoms with van der Waals surface area (Å²) >= 11 is 0. The Morgan fingerprint density at radius 1 is 1.15 bits per heavy atom. The first kappa shape index (κ1) is 18.2. The number of hydrogen-bond donors (Lipinski definition) is 1. The van der Waals surface area contributed by atoms with Crippen LogP contribution in [0.15, 0.2) is 42.5 Å². The third-order valence-corrected chi connectivity index (χ3v) is 5.01. The molecule has 1 fully saturated rings. The molecule has 2 amide bonds. The maximum absolute atomic E-state index is 12.6. The highest BCUT2D eigenvalue weighted by molar-refractivity contribution is 5.94. The zero-order valence-electron chi connectivity index (χ0n) is 15.7. The number of likely N-dealkylation sites (tertiary alicyclic amines) is 1. The van der Waals surface area contributed by atoms with E-state index in [1.165, 1.54) is 11.1 Å². The van der Waals surface area contributed by atoms with E-state index in [9.17, 15) is 9.59 Å². The minimum absolute atomic E-state index is 0.0516. The molecule has 136 valence electrons. The fourth-order valence-electron chi connectivity index (χ4n) is 3.44. The predicted molar refractivity (Wildman–Crippen MR) is 103 cm³/mol. The molecule has 1 aliphatic rings. The quantitative estimate of drug-likeness (QED) is 0.888. The zero-order chi connectivity index (χ0) is 18.7. The Morgan fingerprint density at radius 3 is 2.54 bits per heavy atom. The van der Waals surface area contributed by atoms with Crippen molar-refractivity contribution in [2.75, 3.05) is 6.54 Å². The van der Waals surface area contributed by atoms with Crippen molar-refractivity contribution in [1.82, 2.24) is 10.2 Å². The minimum atomic E-state index is -0.0813. The fraction of sp³-hybridized carbons (Fsp3) is 0.364. The maximum atomic E-state index is 12.6. The molecule has 26 heavy (non-hydrogen) atoms. The summed E-state index contributed by atoms with van der Waals surface area (Å²) in [6.07, 6.45) is 1.59. The largest absolute Gasteiger partial charge is 0.346 e. The van der Waals surface area contributed by atoms with E-state index in [2.05, 4.69) is 37.4 Å². The van der Waals surface area contributed by atoms with E-state index in [4.69, 9.17) is 0 Å². The molecule has 0 bridgehead atoms. The van der Waals surface area contributed by atoms with Crippen molar-refractivity contribution in [2.24, 2.45) is 0 Å². The summed E-state index contributed by atoms with van der Waals surface area (Å²) in [4.78, 5) is 26.2. The van der Waals surface area contributed by atoms with E-state index in [-0.39, 0.29) is 17.9 Å². The van der Waals surface area contributed by atoms with Crippen LogP contribution >= 0.6 is 0 Å². The van der Waals surface area contributed by atoms with Crippen LogP contribution in [-0.4, -0.2) is 23.3 Å². The van der Waals surface area contributed by atoms with Gasteiger partial charge in [-0.15, -0.1) is 0 Å². The predicted octanol–water partition coefficient (Wildman–Crippen LogP) is 3.92. The lowest BCUT2D eigenvalue weighted by molar-refractivity contribution is -0.128. The Hall–Kier alpha value is -2.62. The molecule has 0 saturated carbocycles. The van der Waals surface area contributed by atoms with Crippen molar-refractivity contribution >= 4 is 11.8 Å². The molecule has 0 radical (unpaired) electrons. The lowest BCUT2D eigenvalue weighted by atomic mass is 9.99. The smallest absolute Gasteiger partial charge is 0.251 e. The molecule has 1 N–H and O–H groups in total. The SMILES string of the molecule is Cc1ccc(C)c([C@@H](C)NC(=O)c2ccc(CN3CCCC3=O)cc2)c1. The number of nitrogens with one attached hydrogen (secondary N) is 1. The van der Waals surface area contributed by atoms with Gasteiger partial charge in [0.1, 0.15) is 0 Å². The number of nitrogens with zero attached hydrogens (tertiary/aromatic N) is 1. The molecule has 2 aromatic rings. The fourth-order valence-corrected chi connectivity index (χ4v) is 3.44. The van der Waals surface area contributed by atoms with Gasteiger partial charge in [0.05, 0.1) is 6.04 Å². The molecule has 2 aromatic carbocycles. The summed E-state index contributed by atoms with van der Waals surface area (Å²) in [5.74, 6) is 0.136. The molecule has 1 saturated heterocycles. The minimum Gasteiger partial charge on any atom is -0.346 e. The average Bonchev–Trinajstić information content (AvgIpc) is 3.02. The van der Waals surface area contributed by atoms with Crippen LogP contribution in [-0.2, 0) is 11.3 Å². The van der Waals surface area contributed by atoms with Crippen LogP contribution in [0.5, 0.6) is 0 Å². The van der Waals surface area contributed by atoms with Crippen LogP contribution in [0.25, 0.3) is 0 Å². The summed E-state index contributed by atoms with van der Waals surface area (Å²) in [6.45, 7) is 7.58. The normalized spacial score (nSPS) is 15.2. The van der Waals surface area contributed by atoms with Crippen LogP contribution in [0.1, 0.15) is 58.4 Å². The molecule has 4 heteroatoms. The van der Waals surface area contributed by atoms with Crippen molar-refractivity contribution in [3.8, 4) is 0 Å². The van der Waals surface area contributed by atoms with Crippen LogP contribution in [0, 0.1) is 13.8 Å². The molecule has 1 aliphatic heterocycles. The molecular weight excluding hydrogens is 324 g/mol. The molecule has 4 nitrogen and oxygen atoms in total. The second-order valence-corrected chi connectivity index (χ2v) is 7.17. The third kappa shape index (κ3) is 4.13. The molecule has 1 heterocycles. The first-order valence-electron chi connectivity index (χ1n) is 9.19. The molecular formula is C22H26N2O2. The number of benzene rings is 2. The highest BCUT2D eigenvalue weighted by atomic mass is 16.2. The summed E-state index contributed by atoms with van der Waals surface area (Å²) in [5.41, 5.74) is 5.20. The van der Waals surface area contributed by atoms with Gasteiger partial charge in [-0.05, 0) is 56.0 Å². The number of amides is 2. The van der Waals surface area contributed by atoms with Crippen LogP contribution in [0.3, 0.4) is 0 Å². The van der Waals surface area contributed by atoms with Crippen LogP contribution in [0.4, 0.5) is 0 Å². The van der Waals surface area contributed by atoms with Gasteiger partial charge in [0.2, 0.25) is 5.91 Å². The van der Waals surface area contributed by atoms with E-state index >= 15 is 0 Å². The second-order valence-electron chi connectivity index (χ2n) is 7.17. The van der Waals surface area contributed by atoms with E-state index in [1.807, 2.05) is 36.1 Å². The molecule has 0 aliphatic carbocycles. The van der Waals surface area contributed by atoms with E-state index in [1.54, 1.807) is 0 Å². The lowest BCUT2D eigenvalue weighted by Crippen LogP contribution is -2.27. The van der Waals surface area contributed by atoms with E-state index < -0.39 is 0 Å². The molecule has 0 unspecified atom stereocenters. The molecule has 0 spiro atoms. The highest BCUT2D eigenvalue weighted by Crippen LogP contribution is 2.20. The average molecular weight is 350 g/mol. The van der Waals surface area contributed by atoms with Crippen molar-refractivity contribution in [2.45, 2.75) is 46.2 Å². The van der Waals surface area contributed by atoms with E-state index in [0.29, 0.717) is 18.5 Å². The number of rotatable bonds is 5. The molecule has 0 aromatic heterocycles. The number of aryl methyl sites for hydroxylation is 2. The monoisotopic (exact) mass is 350 g/mol. The molecule has 1 atom stereocenters. The van der Waals surface area contributed by atoms with E-state index in [0.717, 1.165) is 24.1 Å². The highest BCUT2D eigenvalue weighted by Gasteiger charge is 2.20. The first-order valence-corrected chi connectivity index (χ1v) is 9.19. The van der Waals surface area contributed by atoms with Gasteiger partial charge in [-0.1, -0.05) is 35.9 Å². The van der Waals surface area contributed by atoms with Gasteiger partial charge >= 0.3 is 0 Å². The van der Waals surface area contributed by atoms with Gasteiger partial charge in [0.15, 0.2) is 0 Å². The Kier molecular flexibility index (Phi) is 5.40. The van der Waals surface area contributed by atoms with Gasteiger partial charge in [-0.3, -0.25) is 9.59 Å². The van der Waals surface area contributed by atoms with Gasteiger partial charge in [-0.2, -0.15) is 0 Å². The van der Waals surface area contributed by atoms with Crippen molar-refractivity contribution in [1.29, 1.82) is 0 Å². The molecule has 3 rings (SSSR count). The standard InChI is InChI=1S/C22H26N2O2/c1-15-6-7-16(2)20(13-15)17(3)23-22(26)19-10-8-18(9-11-19)14-24-12-4-5-21(24)25/h6-11,13,17H,4-5,12,14H2,1-3H3,(H,23,26)/t17-/m1/s1. The zero-order valence-corrected chi connectivity index (χ0v) is 15.7. The van der Waals surface area contributed by atoms with Gasteiger partial charge in [0, 0.05) is 25.1 Å². The topological polar surface area (TPSA) is 49.4 Å². The third-order valence-electron chi connectivity index (χ3n) is 5.01. The second kappa shape index (κ2) is 7.73. The van der Waals surface area contributed by atoms with Crippen molar-refractivity contribution < 1.29 is 9.59 Å². The van der Waals surface area contributed by atoms with Crippen molar-refractivity contribution in [3.05, 3.63) is 70.3 Å². The number of carbonyl (C=O) groups excluding carboxylic acids is 2. The summed E-state index contributed by atoms with van der Waals surface area (Å²) in [6, 6.07) is 13.8. The Labute approximate surface area is 155 Å². The number of hydrogen-bond acceptors (Lipinski definition) is 2. The summed E-state index contributed by atoms with van der Waals surface area (Å²) in [7, 11) is 0. The van der Waals surface area contributed by atoms with Crippen LogP contribution in [0.2, 0.25) is 0 Å². The maximum Gasteiger partial charge on any atom is 0.251 e. The Balaban J connectivity index is 1.64. The van der Waals surface area contributed by atoms with Crippen LogP contribution < -0.4 is 5.32 Å². The number of carbonyl (C=O) groups is 2. The van der Waals surface area contributed by atoms with Crippen molar-refractivity contribution in [3.63, 3.8) is 0 Å². The Bertz CT molecular complexity index is 811. The Morgan fingerprint density at radius 2 is 1.88 bits per heavy atom. The lowest BCUT2D eigenvalue weighted by Gasteiger charge is -2.18.